The Morgan fingerprint density at radius 3 is 1.70 bits per heavy atom. The average Bonchev–Trinajstić information content (AvgIpc) is 2.46. The van der Waals surface area contributed by atoms with Gasteiger partial charge >= 0.3 is 0 Å². The third-order valence-electron chi connectivity index (χ3n) is 3.89. The lowest BCUT2D eigenvalue weighted by atomic mass is 9.76. The van der Waals surface area contributed by atoms with Gasteiger partial charge in [0.15, 0.2) is 0 Å². The summed E-state index contributed by atoms with van der Waals surface area (Å²) in [5.41, 5.74) is 2.58. The fourth-order valence-corrected chi connectivity index (χ4v) is 5.14. The number of hydrogen-bond donors (Lipinski definition) is 0. The SMILES string of the molecule is CC1(C)c2cccc(PP)c2Oc2c(PP)cccc21. The quantitative estimate of drug-likeness (QED) is 0.742. The highest BCUT2D eigenvalue weighted by Gasteiger charge is 2.35. The van der Waals surface area contributed by atoms with E-state index in [-0.39, 0.29) is 5.41 Å². The summed E-state index contributed by atoms with van der Waals surface area (Å²) in [5.74, 6) is 2.13. The van der Waals surface area contributed by atoms with Crippen molar-refractivity contribution in [2.24, 2.45) is 0 Å². The molecule has 4 unspecified atom stereocenters. The maximum absolute atomic E-state index is 6.34. The number of benzene rings is 2. The van der Waals surface area contributed by atoms with Crippen LogP contribution in [0.25, 0.3) is 0 Å². The van der Waals surface area contributed by atoms with Gasteiger partial charge in [-0.15, -0.1) is 17.9 Å². The van der Waals surface area contributed by atoms with Crippen molar-refractivity contribution in [3.63, 3.8) is 0 Å². The lowest BCUT2D eigenvalue weighted by molar-refractivity contribution is 0.425. The molecule has 0 aliphatic carbocycles. The second-order valence-corrected chi connectivity index (χ2v) is 8.77. The molecule has 2 aromatic rings. The van der Waals surface area contributed by atoms with Gasteiger partial charge in [-0.2, -0.15) is 0 Å². The summed E-state index contributed by atoms with van der Waals surface area (Å²) >= 11 is 0. The van der Waals surface area contributed by atoms with Crippen LogP contribution in [0.2, 0.25) is 0 Å². The second kappa shape index (κ2) is 5.63. The van der Waals surface area contributed by atoms with Gasteiger partial charge in [-0.1, -0.05) is 66.8 Å². The molecule has 0 amide bonds. The zero-order valence-electron chi connectivity index (χ0n) is 11.5. The van der Waals surface area contributed by atoms with Crippen molar-refractivity contribution in [3.05, 3.63) is 47.5 Å². The van der Waals surface area contributed by atoms with Crippen LogP contribution in [0.4, 0.5) is 0 Å². The summed E-state index contributed by atoms with van der Waals surface area (Å²) in [6.07, 6.45) is 0. The summed E-state index contributed by atoms with van der Waals surface area (Å²) in [6.45, 7) is 4.58. The highest BCUT2D eigenvalue weighted by Crippen LogP contribution is 2.49. The lowest BCUT2D eigenvalue weighted by Crippen LogP contribution is -2.28. The smallest absolute Gasteiger partial charge is 0.139 e. The van der Waals surface area contributed by atoms with Gasteiger partial charge in [0.05, 0.1) is 0 Å². The van der Waals surface area contributed by atoms with Gasteiger partial charge in [-0.3, -0.25) is 0 Å². The maximum atomic E-state index is 6.34. The summed E-state index contributed by atoms with van der Waals surface area (Å²) in [5, 5.41) is 2.57. The van der Waals surface area contributed by atoms with Gasteiger partial charge in [-0.05, 0) is 0 Å². The van der Waals surface area contributed by atoms with Gasteiger partial charge < -0.3 is 4.74 Å². The van der Waals surface area contributed by atoms with Gasteiger partial charge in [0, 0.05) is 27.2 Å². The molecule has 104 valence electrons. The molecule has 0 saturated heterocycles. The molecule has 5 heteroatoms. The van der Waals surface area contributed by atoms with E-state index in [1.807, 2.05) is 0 Å². The highest BCUT2D eigenvalue weighted by molar-refractivity contribution is 8.07. The first-order chi connectivity index (χ1) is 9.59. The van der Waals surface area contributed by atoms with Crippen molar-refractivity contribution in [1.82, 2.24) is 0 Å². The van der Waals surface area contributed by atoms with E-state index in [9.17, 15) is 0 Å². The first-order valence-corrected chi connectivity index (χ1v) is 12.1. The van der Waals surface area contributed by atoms with Crippen LogP contribution in [0, 0.1) is 0 Å². The molecule has 0 aromatic heterocycles. The first-order valence-electron chi connectivity index (χ1n) is 6.47. The van der Waals surface area contributed by atoms with Crippen LogP contribution in [0.3, 0.4) is 0 Å². The van der Waals surface area contributed by atoms with Crippen LogP contribution >= 0.6 is 34.4 Å². The molecule has 0 fully saturated rings. The topological polar surface area (TPSA) is 9.23 Å². The first kappa shape index (κ1) is 14.9. The Hall–Kier alpha value is -0.0400. The molecular weight excluding hydrogens is 320 g/mol. The average molecular weight is 338 g/mol. The van der Waals surface area contributed by atoms with Crippen LogP contribution in [0.15, 0.2) is 36.4 Å². The van der Waals surface area contributed by atoms with E-state index in [0.29, 0.717) is 16.5 Å². The molecule has 0 radical (unpaired) electrons. The molecule has 1 nitrogen and oxygen atoms in total. The van der Waals surface area contributed by atoms with E-state index in [1.54, 1.807) is 0 Å². The van der Waals surface area contributed by atoms with Gasteiger partial charge in [-0.25, -0.2) is 0 Å². The molecule has 1 aliphatic heterocycles. The zero-order valence-corrected chi connectivity index (χ0v) is 15.8. The molecule has 1 aliphatic rings. The van der Waals surface area contributed by atoms with E-state index >= 15 is 0 Å². The van der Waals surface area contributed by atoms with Gasteiger partial charge in [0.25, 0.3) is 0 Å². The fraction of sp³-hybridized carbons (Fsp3) is 0.200. The predicted octanol–water partition coefficient (Wildman–Crippen LogP) is 4.31. The minimum Gasteiger partial charge on any atom is -0.455 e. The number of para-hydroxylation sites is 2. The van der Waals surface area contributed by atoms with Gasteiger partial charge in [0.2, 0.25) is 0 Å². The Morgan fingerprint density at radius 2 is 1.30 bits per heavy atom. The molecule has 0 bridgehead atoms. The second-order valence-electron chi connectivity index (χ2n) is 5.38. The van der Waals surface area contributed by atoms with E-state index < -0.39 is 0 Å². The van der Waals surface area contributed by atoms with E-state index in [0.717, 1.165) is 11.5 Å². The fourth-order valence-electron chi connectivity index (χ4n) is 2.75. The predicted molar refractivity (Wildman–Crippen MR) is 100 cm³/mol. The van der Waals surface area contributed by atoms with Crippen LogP contribution in [0.1, 0.15) is 25.0 Å². The Balaban J connectivity index is 2.28. The monoisotopic (exact) mass is 338 g/mol. The molecule has 1 heterocycles. The summed E-state index contributed by atoms with van der Waals surface area (Å²) in [4.78, 5) is 0. The minimum absolute atomic E-state index is 0.0103. The molecule has 0 N–H and O–H groups in total. The van der Waals surface area contributed by atoms with Crippen LogP contribution in [-0.2, 0) is 5.41 Å². The Kier molecular flexibility index (Phi) is 4.19. The summed E-state index contributed by atoms with van der Waals surface area (Å²) < 4.78 is 6.34. The van der Waals surface area contributed by atoms with Crippen molar-refractivity contribution >= 4 is 45.0 Å². The van der Waals surface area contributed by atoms with Crippen molar-refractivity contribution in [1.29, 1.82) is 0 Å². The molecule has 3 rings (SSSR count). The maximum Gasteiger partial charge on any atom is 0.139 e. The molecule has 0 spiro atoms. The molecule has 20 heavy (non-hydrogen) atoms. The van der Waals surface area contributed by atoms with E-state index in [2.05, 4.69) is 68.1 Å². The lowest BCUT2D eigenvalue weighted by Gasteiger charge is -2.36. The standard InChI is InChI=1S/C15H18OP4/c1-15(2)9-5-3-7-11(19-17)13(9)16-14-10(15)6-4-8-12(14)20-18/h3-8,19-20H,17-18H2,1-2H3. The minimum atomic E-state index is -0.0103. The Bertz CT molecular complexity index is 611. The third kappa shape index (κ3) is 2.25. The molecule has 0 saturated carbocycles. The number of hydrogen-bond acceptors (Lipinski definition) is 1. The molecule has 2 aromatic carbocycles. The Labute approximate surface area is 128 Å². The van der Waals surface area contributed by atoms with Crippen molar-refractivity contribution in [3.8, 4) is 11.5 Å². The van der Waals surface area contributed by atoms with Crippen LogP contribution < -0.4 is 15.3 Å². The number of ether oxygens (including phenoxy) is 1. The van der Waals surface area contributed by atoms with E-state index in [4.69, 9.17) is 4.74 Å². The van der Waals surface area contributed by atoms with Crippen molar-refractivity contribution in [2.45, 2.75) is 19.3 Å². The van der Waals surface area contributed by atoms with Gasteiger partial charge in [0.1, 0.15) is 11.5 Å². The third-order valence-corrected chi connectivity index (χ3v) is 7.17. The summed E-state index contributed by atoms with van der Waals surface area (Å²) in [6, 6.07) is 13.0. The number of fused-ring (bicyclic) bond motifs is 2. The highest BCUT2D eigenvalue weighted by atomic mass is 32.0. The normalized spacial score (nSPS) is 16.4. The Morgan fingerprint density at radius 1 is 0.850 bits per heavy atom. The van der Waals surface area contributed by atoms with E-state index in [1.165, 1.54) is 21.7 Å². The zero-order chi connectivity index (χ0) is 14.3. The van der Waals surface area contributed by atoms with Crippen LogP contribution in [0.5, 0.6) is 11.5 Å². The van der Waals surface area contributed by atoms with Crippen LogP contribution in [-0.4, -0.2) is 0 Å². The largest absolute Gasteiger partial charge is 0.455 e. The molecular formula is C15H18OP4. The number of rotatable bonds is 2. The van der Waals surface area contributed by atoms with Crippen molar-refractivity contribution in [2.75, 3.05) is 0 Å². The summed E-state index contributed by atoms with van der Waals surface area (Å²) in [7, 11) is 6.99. The molecule has 4 atom stereocenters. The van der Waals surface area contributed by atoms with Crippen molar-refractivity contribution < 1.29 is 4.74 Å².